The fraction of sp³-hybridized carbons (Fsp3) is 0.308. The van der Waals surface area contributed by atoms with Crippen LogP contribution in [0.15, 0.2) is 71.1 Å². The highest BCUT2D eigenvalue weighted by Gasteiger charge is 2.41. The first-order valence-corrected chi connectivity index (χ1v) is 11.1. The minimum atomic E-state index is -0.477. The molecule has 2 unspecified atom stereocenters. The fourth-order valence-corrected chi connectivity index (χ4v) is 4.74. The van der Waals surface area contributed by atoms with Crippen LogP contribution >= 0.6 is 11.6 Å². The molecule has 2 aromatic rings. The van der Waals surface area contributed by atoms with Crippen LogP contribution in [0.25, 0.3) is 0 Å². The number of methoxy groups -OCH3 is 1. The number of benzene rings is 2. The summed E-state index contributed by atoms with van der Waals surface area (Å²) in [6, 6.07) is 15.2. The third-order valence-corrected chi connectivity index (χ3v) is 6.37. The van der Waals surface area contributed by atoms with Gasteiger partial charge in [0.2, 0.25) is 0 Å². The van der Waals surface area contributed by atoms with Crippen LogP contribution in [0.4, 0.5) is 0 Å². The molecule has 2 aromatic carbocycles. The smallest absolute Gasteiger partial charge is 0.336 e. The van der Waals surface area contributed by atoms with E-state index in [-0.39, 0.29) is 18.3 Å². The normalized spacial score (nSPS) is 20.6. The number of ether oxygens (including phenoxy) is 2. The summed E-state index contributed by atoms with van der Waals surface area (Å²) in [4.78, 5) is 26.4. The molecule has 1 aliphatic carbocycles. The minimum Gasteiger partial charge on any atom is -0.497 e. The van der Waals surface area contributed by atoms with E-state index >= 15 is 0 Å². The Morgan fingerprint density at radius 2 is 1.72 bits per heavy atom. The van der Waals surface area contributed by atoms with E-state index in [1.807, 2.05) is 55.5 Å². The summed E-state index contributed by atoms with van der Waals surface area (Å²) >= 11 is 6.04. The maximum atomic E-state index is 13.5. The van der Waals surface area contributed by atoms with Gasteiger partial charge in [-0.1, -0.05) is 35.9 Å². The Morgan fingerprint density at radius 3 is 2.34 bits per heavy atom. The average Bonchev–Trinajstić information content (AvgIpc) is 2.78. The monoisotopic (exact) mass is 451 g/mol. The Morgan fingerprint density at radius 1 is 1.06 bits per heavy atom. The van der Waals surface area contributed by atoms with Crippen molar-refractivity contribution in [1.29, 1.82) is 0 Å². The second-order valence-electron chi connectivity index (χ2n) is 8.06. The summed E-state index contributed by atoms with van der Waals surface area (Å²) in [5.74, 6) is -0.0753. The van der Waals surface area contributed by atoms with Crippen molar-refractivity contribution >= 4 is 23.4 Å². The summed E-state index contributed by atoms with van der Waals surface area (Å²) in [5.41, 5.74) is 4.65. The molecule has 0 bridgehead atoms. The number of rotatable bonds is 5. The summed E-state index contributed by atoms with van der Waals surface area (Å²) in [6.07, 6.45) is 1.06. The third-order valence-electron chi connectivity index (χ3n) is 6.11. The van der Waals surface area contributed by atoms with E-state index in [0.717, 1.165) is 16.8 Å². The van der Waals surface area contributed by atoms with E-state index in [1.54, 1.807) is 14.0 Å². The lowest BCUT2D eigenvalue weighted by molar-refractivity contribution is -0.138. The first-order chi connectivity index (χ1) is 15.4. The zero-order chi connectivity index (χ0) is 22.8. The molecule has 2 atom stereocenters. The second-order valence-corrected chi connectivity index (χ2v) is 8.50. The van der Waals surface area contributed by atoms with Gasteiger partial charge in [-0.3, -0.25) is 4.79 Å². The molecule has 0 spiro atoms. The van der Waals surface area contributed by atoms with Gasteiger partial charge in [0.15, 0.2) is 5.78 Å². The van der Waals surface area contributed by atoms with Gasteiger partial charge >= 0.3 is 5.97 Å². The molecule has 1 heterocycles. The van der Waals surface area contributed by atoms with Gasteiger partial charge in [0.25, 0.3) is 0 Å². The van der Waals surface area contributed by atoms with Crippen molar-refractivity contribution in [1.82, 2.24) is 5.32 Å². The summed E-state index contributed by atoms with van der Waals surface area (Å²) in [6.45, 7) is 3.91. The highest BCUT2D eigenvalue weighted by molar-refractivity contribution is 6.30. The average molecular weight is 452 g/mol. The van der Waals surface area contributed by atoms with Gasteiger partial charge in [-0.25, -0.2) is 4.79 Å². The third kappa shape index (κ3) is 4.17. The molecule has 2 aliphatic rings. The van der Waals surface area contributed by atoms with Crippen LogP contribution < -0.4 is 10.1 Å². The molecule has 32 heavy (non-hydrogen) atoms. The molecular formula is C26H26ClNO4. The lowest BCUT2D eigenvalue weighted by atomic mass is 9.72. The number of halogens is 1. The quantitative estimate of drug-likeness (QED) is 0.627. The summed E-state index contributed by atoms with van der Waals surface area (Å²) < 4.78 is 10.6. The first-order valence-electron chi connectivity index (χ1n) is 10.7. The lowest BCUT2D eigenvalue weighted by Gasteiger charge is -2.36. The number of esters is 1. The number of nitrogens with one attached hydrogen (secondary N) is 1. The molecule has 166 valence electrons. The molecule has 0 saturated carbocycles. The van der Waals surface area contributed by atoms with Crippen LogP contribution in [0.1, 0.15) is 49.7 Å². The Kier molecular flexibility index (Phi) is 6.38. The Balaban J connectivity index is 1.78. The van der Waals surface area contributed by atoms with Gasteiger partial charge in [-0.05, 0) is 61.6 Å². The molecule has 1 N–H and O–H groups in total. The lowest BCUT2D eigenvalue weighted by Crippen LogP contribution is -2.36. The zero-order valence-corrected chi connectivity index (χ0v) is 19.2. The molecule has 1 aliphatic heterocycles. The van der Waals surface area contributed by atoms with Crippen molar-refractivity contribution in [2.45, 2.75) is 38.5 Å². The Labute approximate surface area is 193 Å². The van der Waals surface area contributed by atoms with E-state index in [1.165, 1.54) is 0 Å². The molecule has 0 saturated heterocycles. The van der Waals surface area contributed by atoms with Crippen molar-refractivity contribution in [2.75, 3.05) is 13.7 Å². The number of ketones is 1. The molecule has 4 rings (SSSR count). The van der Waals surface area contributed by atoms with Crippen LogP contribution in [-0.4, -0.2) is 25.5 Å². The van der Waals surface area contributed by atoms with Crippen LogP contribution in [0.3, 0.4) is 0 Å². The first kappa shape index (κ1) is 22.2. The van der Waals surface area contributed by atoms with Crippen LogP contribution in [-0.2, 0) is 14.3 Å². The van der Waals surface area contributed by atoms with Gasteiger partial charge in [-0.15, -0.1) is 0 Å². The predicted octanol–water partition coefficient (Wildman–Crippen LogP) is 5.27. The predicted molar refractivity (Wildman–Crippen MR) is 124 cm³/mol. The molecule has 0 aromatic heterocycles. The minimum absolute atomic E-state index is 0.0359. The van der Waals surface area contributed by atoms with Gasteiger partial charge in [-0.2, -0.15) is 0 Å². The van der Waals surface area contributed by atoms with Crippen molar-refractivity contribution in [3.05, 3.63) is 87.2 Å². The Bertz CT molecular complexity index is 1100. The number of dihydropyridines is 1. The van der Waals surface area contributed by atoms with Crippen molar-refractivity contribution in [2.24, 2.45) is 0 Å². The molecule has 5 nitrogen and oxygen atoms in total. The fourth-order valence-electron chi connectivity index (χ4n) is 4.62. The number of hydrogen-bond acceptors (Lipinski definition) is 5. The van der Waals surface area contributed by atoms with E-state index in [9.17, 15) is 9.59 Å². The van der Waals surface area contributed by atoms with E-state index in [2.05, 4.69) is 5.32 Å². The van der Waals surface area contributed by atoms with Gasteiger partial charge in [0, 0.05) is 34.3 Å². The maximum Gasteiger partial charge on any atom is 0.336 e. The number of carbonyl (C=O) groups excluding carboxylic acids is 2. The molecule has 0 radical (unpaired) electrons. The number of carbonyl (C=O) groups is 2. The van der Waals surface area contributed by atoms with Gasteiger partial charge in [0.1, 0.15) is 5.75 Å². The van der Waals surface area contributed by atoms with E-state index in [4.69, 9.17) is 21.1 Å². The van der Waals surface area contributed by atoms with E-state index < -0.39 is 11.9 Å². The largest absolute Gasteiger partial charge is 0.497 e. The van der Waals surface area contributed by atoms with Crippen molar-refractivity contribution < 1.29 is 19.1 Å². The highest BCUT2D eigenvalue weighted by Crippen LogP contribution is 2.46. The van der Waals surface area contributed by atoms with Crippen LogP contribution in [0, 0.1) is 0 Å². The number of Topliss-reactive ketones (excluding diaryl/α,β-unsaturated/α-hetero) is 1. The number of hydrogen-bond donors (Lipinski definition) is 1. The number of allylic oxidation sites excluding steroid dienone is 3. The molecular weight excluding hydrogens is 426 g/mol. The SMILES string of the molecule is CCOC(=O)C1=C(C)NC2=C(C(=O)CC(c3ccc(Cl)cc3)C2)C1c1ccc(OC)cc1. The topological polar surface area (TPSA) is 64.6 Å². The van der Waals surface area contributed by atoms with Gasteiger partial charge < -0.3 is 14.8 Å². The van der Waals surface area contributed by atoms with Crippen LogP contribution in [0.5, 0.6) is 5.75 Å². The zero-order valence-electron chi connectivity index (χ0n) is 18.4. The molecule has 6 heteroatoms. The molecule has 0 amide bonds. The Hall–Kier alpha value is -3.05. The van der Waals surface area contributed by atoms with Crippen molar-refractivity contribution in [3.63, 3.8) is 0 Å². The summed E-state index contributed by atoms with van der Waals surface area (Å²) in [7, 11) is 1.61. The van der Waals surface area contributed by atoms with E-state index in [0.29, 0.717) is 40.5 Å². The van der Waals surface area contributed by atoms with Gasteiger partial charge in [0.05, 0.1) is 19.3 Å². The van der Waals surface area contributed by atoms with Crippen LogP contribution in [0.2, 0.25) is 5.02 Å². The summed E-state index contributed by atoms with van der Waals surface area (Å²) in [5, 5.41) is 4.03. The maximum absolute atomic E-state index is 13.5. The standard InChI is InChI=1S/C26H26ClNO4/c1-4-32-26(30)23-15(2)28-21-13-18(16-5-9-19(27)10-6-16)14-22(29)25(21)24(23)17-7-11-20(31-3)12-8-17/h5-12,18,24,28H,4,13-14H2,1-3H3. The highest BCUT2D eigenvalue weighted by atomic mass is 35.5. The second kappa shape index (κ2) is 9.21. The molecule has 0 fully saturated rings. The van der Waals surface area contributed by atoms with Crippen molar-refractivity contribution in [3.8, 4) is 5.75 Å².